The van der Waals surface area contributed by atoms with Crippen LogP contribution in [0.2, 0.25) is 0 Å². The number of hydrogen-bond donors (Lipinski definition) is 2. The zero-order valence-electron chi connectivity index (χ0n) is 10.9. The van der Waals surface area contributed by atoms with E-state index in [1.165, 1.54) is 0 Å². The van der Waals surface area contributed by atoms with Gasteiger partial charge < -0.3 is 4.90 Å². The van der Waals surface area contributed by atoms with Gasteiger partial charge in [-0.15, -0.1) is 5.23 Å². The molecule has 2 rings (SSSR count). The summed E-state index contributed by atoms with van der Waals surface area (Å²) in [6.07, 6.45) is 1.03. The van der Waals surface area contributed by atoms with E-state index in [4.69, 9.17) is 10.4 Å². The van der Waals surface area contributed by atoms with Gasteiger partial charge in [-0.25, -0.2) is 0 Å². The van der Waals surface area contributed by atoms with Crippen LogP contribution in [0.25, 0.3) is 0 Å². The molecule has 0 aliphatic carbocycles. The predicted octanol–water partition coefficient (Wildman–Crippen LogP) is 3.82. The van der Waals surface area contributed by atoms with E-state index in [2.05, 4.69) is 24.0 Å². The summed E-state index contributed by atoms with van der Waals surface area (Å²) in [6.45, 7) is 3.04. The molecule has 100 valence electrons. The van der Waals surface area contributed by atoms with E-state index in [1.54, 1.807) is 12.1 Å². The minimum Gasteiger partial charge on any atom is -0.341 e. The van der Waals surface area contributed by atoms with E-state index in [-0.39, 0.29) is 5.23 Å². The molecule has 0 bridgehead atoms. The zero-order chi connectivity index (χ0) is 13.7. The molecule has 0 saturated heterocycles. The summed E-state index contributed by atoms with van der Waals surface area (Å²) in [5.41, 5.74) is 2.49. The average molecular weight is 258 g/mol. The third kappa shape index (κ3) is 3.24. The zero-order valence-corrected chi connectivity index (χ0v) is 10.9. The number of anilines is 3. The summed E-state index contributed by atoms with van der Waals surface area (Å²) in [5, 5.41) is 18.0. The van der Waals surface area contributed by atoms with Crippen LogP contribution in [-0.2, 0) is 0 Å². The lowest BCUT2D eigenvalue weighted by atomic mass is 10.2. The van der Waals surface area contributed by atoms with Crippen LogP contribution in [0.15, 0.2) is 54.6 Å². The maximum Gasteiger partial charge on any atom is 0.0944 e. The first-order chi connectivity index (χ1) is 9.22. The maximum absolute atomic E-state index is 8.95. The normalized spacial score (nSPS) is 10.3. The van der Waals surface area contributed by atoms with Crippen LogP contribution in [0.4, 0.5) is 17.1 Å². The Hall–Kier alpha value is -2.04. The molecule has 4 heteroatoms. The lowest BCUT2D eigenvalue weighted by Gasteiger charge is -2.25. The van der Waals surface area contributed by atoms with Crippen LogP contribution >= 0.6 is 0 Å². The van der Waals surface area contributed by atoms with Gasteiger partial charge in [-0.05, 0) is 42.8 Å². The van der Waals surface area contributed by atoms with E-state index in [0.717, 1.165) is 24.3 Å². The first-order valence-electron chi connectivity index (χ1n) is 6.33. The summed E-state index contributed by atoms with van der Waals surface area (Å²) in [5.74, 6) is 0. The fourth-order valence-corrected chi connectivity index (χ4v) is 2.00. The van der Waals surface area contributed by atoms with Gasteiger partial charge in [0, 0.05) is 17.9 Å². The molecule has 0 atom stereocenters. The Labute approximate surface area is 113 Å². The molecule has 0 amide bonds. The van der Waals surface area contributed by atoms with Crippen LogP contribution in [0.1, 0.15) is 13.3 Å². The van der Waals surface area contributed by atoms with Crippen molar-refractivity contribution in [1.82, 2.24) is 0 Å². The molecule has 2 N–H and O–H groups in total. The predicted molar refractivity (Wildman–Crippen MR) is 76.2 cm³/mol. The molecule has 0 saturated carbocycles. The Morgan fingerprint density at radius 2 is 1.32 bits per heavy atom. The maximum atomic E-state index is 8.95. The molecule has 0 fully saturated rings. The molecule has 0 radical (unpaired) electrons. The van der Waals surface area contributed by atoms with Crippen molar-refractivity contribution in [3.8, 4) is 0 Å². The third-order valence-corrected chi connectivity index (χ3v) is 2.91. The molecular formula is C15H18N2O2. The molecule has 2 aromatic rings. The molecule has 0 aliphatic heterocycles. The van der Waals surface area contributed by atoms with E-state index >= 15 is 0 Å². The van der Waals surface area contributed by atoms with Gasteiger partial charge >= 0.3 is 0 Å². The highest BCUT2D eigenvalue weighted by molar-refractivity contribution is 5.65. The molecule has 0 spiro atoms. The lowest BCUT2D eigenvalue weighted by molar-refractivity contribution is 0.0292. The van der Waals surface area contributed by atoms with Crippen LogP contribution in [0.3, 0.4) is 0 Å². The van der Waals surface area contributed by atoms with Crippen molar-refractivity contribution in [2.45, 2.75) is 13.3 Å². The fraction of sp³-hybridized carbons (Fsp3) is 0.200. The van der Waals surface area contributed by atoms with Gasteiger partial charge in [0.2, 0.25) is 0 Å². The number of benzene rings is 2. The Bertz CT molecular complexity index is 497. The first kappa shape index (κ1) is 13.4. The largest absolute Gasteiger partial charge is 0.341 e. The van der Waals surface area contributed by atoms with Gasteiger partial charge in [0.25, 0.3) is 0 Å². The molecule has 0 aromatic heterocycles. The highest BCUT2D eigenvalue weighted by Gasteiger charge is 2.08. The van der Waals surface area contributed by atoms with Gasteiger partial charge in [-0.3, -0.25) is 10.4 Å². The summed E-state index contributed by atoms with van der Waals surface area (Å²) in [7, 11) is 0. The molecule has 0 heterocycles. The van der Waals surface area contributed by atoms with Crippen molar-refractivity contribution in [2.75, 3.05) is 16.7 Å². The number of nitrogens with zero attached hydrogens (tertiary/aromatic N) is 2. The second kappa shape index (κ2) is 6.22. The molecule has 0 unspecified atom stereocenters. The van der Waals surface area contributed by atoms with Crippen molar-refractivity contribution in [1.29, 1.82) is 0 Å². The fourth-order valence-electron chi connectivity index (χ4n) is 2.00. The number of hydrogen-bond acceptors (Lipinski definition) is 4. The van der Waals surface area contributed by atoms with E-state index < -0.39 is 0 Å². The third-order valence-electron chi connectivity index (χ3n) is 2.91. The molecule has 19 heavy (non-hydrogen) atoms. The number of para-hydroxylation sites is 1. The smallest absolute Gasteiger partial charge is 0.0944 e. The van der Waals surface area contributed by atoms with Crippen molar-refractivity contribution in [2.24, 2.45) is 0 Å². The first-order valence-corrected chi connectivity index (χ1v) is 6.33. The monoisotopic (exact) mass is 258 g/mol. The minimum atomic E-state index is 0.121. The number of rotatable bonds is 5. The average Bonchev–Trinajstić information content (AvgIpc) is 2.46. The van der Waals surface area contributed by atoms with Crippen molar-refractivity contribution >= 4 is 17.1 Å². The minimum absolute atomic E-state index is 0.121. The summed E-state index contributed by atoms with van der Waals surface area (Å²) < 4.78 is 0. The van der Waals surface area contributed by atoms with Crippen LogP contribution in [-0.4, -0.2) is 17.0 Å². The van der Waals surface area contributed by atoms with E-state index in [9.17, 15) is 0 Å². The van der Waals surface area contributed by atoms with Crippen LogP contribution in [0, 0.1) is 0 Å². The molecular weight excluding hydrogens is 240 g/mol. The van der Waals surface area contributed by atoms with Crippen LogP contribution in [0.5, 0.6) is 0 Å². The molecule has 0 aliphatic rings. The topological polar surface area (TPSA) is 46.9 Å². The Morgan fingerprint density at radius 3 is 1.84 bits per heavy atom. The van der Waals surface area contributed by atoms with Gasteiger partial charge in [0.05, 0.1) is 5.69 Å². The van der Waals surface area contributed by atoms with Gasteiger partial charge in [0.15, 0.2) is 0 Å². The highest BCUT2D eigenvalue weighted by Crippen LogP contribution is 2.27. The van der Waals surface area contributed by atoms with Crippen molar-refractivity contribution in [3.63, 3.8) is 0 Å². The second-order valence-electron chi connectivity index (χ2n) is 4.29. The molecule has 2 aromatic carbocycles. The standard InChI is InChI=1S/C15H18N2O2/c1-2-12-16(13-6-4-3-5-7-13)14-8-10-15(11-9-14)17(18)19/h3-11,18-19H,2,12H2,1H3. The Morgan fingerprint density at radius 1 is 0.789 bits per heavy atom. The van der Waals surface area contributed by atoms with E-state index in [1.807, 2.05) is 30.3 Å². The summed E-state index contributed by atoms with van der Waals surface area (Å²) in [6, 6.07) is 17.2. The Balaban J connectivity index is 2.29. The quantitative estimate of drug-likeness (QED) is 0.800. The van der Waals surface area contributed by atoms with Gasteiger partial charge in [-0.2, -0.15) is 0 Å². The van der Waals surface area contributed by atoms with Crippen molar-refractivity contribution in [3.05, 3.63) is 54.6 Å². The summed E-state index contributed by atoms with van der Waals surface area (Å²) >= 11 is 0. The van der Waals surface area contributed by atoms with Gasteiger partial charge in [0.1, 0.15) is 0 Å². The van der Waals surface area contributed by atoms with Gasteiger partial charge in [-0.1, -0.05) is 25.1 Å². The summed E-state index contributed by atoms with van der Waals surface area (Å²) in [4.78, 5) is 2.20. The highest BCUT2D eigenvalue weighted by atomic mass is 16.8. The SMILES string of the molecule is CCCN(c1ccccc1)c1ccc(N(O)O)cc1. The lowest BCUT2D eigenvalue weighted by Crippen LogP contribution is -2.18. The van der Waals surface area contributed by atoms with Crippen LogP contribution < -0.4 is 10.1 Å². The molecule has 4 nitrogen and oxygen atoms in total. The Kier molecular flexibility index (Phi) is 4.39. The second-order valence-corrected chi connectivity index (χ2v) is 4.29. The van der Waals surface area contributed by atoms with Crippen molar-refractivity contribution < 1.29 is 10.4 Å². The van der Waals surface area contributed by atoms with E-state index in [0.29, 0.717) is 5.69 Å².